The maximum Gasteiger partial charge on any atom is 0.0529 e. The molecule has 5 rings (SSSR count). The zero-order chi connectivity index (χ0) is 13.1. The van der Waals surface area contributed by atoms with E-state index in [0.29, 0.717) is 0 Å². The van der Waals surface area contributed by atoms with Gasteiger partial charge in [-0.05, 0) is 18.2 Å². The standard InChI is InChI=1S/C18H11NS/c1-2-7-17-13(5-1)14-9-8-12-15(18(14)20-17)11-19-10-4-3-6-16(12)19/h1-11H. The van der Waals surface area contributed by atoms with Crippen molar-refractivity contribution < 1.29 is 0 Å². The summed E-state index contributed by atoms with van der Waals surface area (Å²) in [5.41, 5.74) is 1.28. The molecule has 0 aliphatic heterocycles. The van der Waals surface area contributed by atoms with Crippen molar-refractivity contribution in [2.75, 3.05) is 0 Å². The lowest BCUT2D eigenvalue weighted by Gasteiger charge is -1.94. The molecule has 94 valence electrons. The van der Waals surface area contributed by atoms with Crippen molar-refractivity contribution in [1.29, 1.82) is 0 Å². The number of rotatable bonds is 0. The summed E-state index contributed by atoms with van der Waals surface area (Å²) in [6.45, 7) is 0. The first kappa shape index (κ1) is 10.5. The fourth-order valence-corrected chi connectivity index (χ4v) is 4.31. The largest absolute Gasteiger partial charge is 0.323 e. The highest BCUT2D eigenvalue weighted by Crippen LogP contribution is 2.39. The van der Waals surface area contributed by atoms with E-state index in [1.807, 2.05) is 11.3 Å². The van der Waals surface area contributed by atoms with E-state index in [4.69, 9.17) is 0 Å². The van der Waals surface area contributed by atoms with Crippen molar-refractivity contribution in [3.05, 3.63) is 67.0 Å². The maximum atomic E-state index is 2.27. The Morgan fingerprint density at radius 2 is 1.55 bits per heavy atom. The van der Waals surface area contributed by atoms with Gasteiger partial charge in [0.05, 0.1) is 5.52 Å². The minimum atomic E-state index is 1.28. The minimum absolute atomic E-state index is 1.28. The molecule has 0 N–H and O–H groups in total. The van der Waals surface area contributed by atoms with Gasteiger partial charge in [0.2, 0.25) is 0 Å². The molecular weight excluding hydrogens is 262 g/mol. The Morgan fingerprint density at radius 1 is 0.700 bits per heavy atom. The molecule has 0 fully saturated rings. The van der Waals surface area contributed by atoms with Crippen LogP contribution >= 0.6 is 11.3 Å². The van der Waals surface area contributed by atoms with Crippen molar-refractivity contribution in [2.24, 2.45) is 0 Å². The molecule has 1 nitrogen and oxygen atoms in total. The molecule has 0 spiro atoms. The van der Waals surface area contributed by atoms with Crippen molar-refractivity contribution in [2.45, 2.75) is 0 Å². The van der Waals surface area contributed by atoms with Gasteiger partial charge < -0.3 is 4.40 Å². The highest BCUT2D eigenvalue weighted by Gasteiger charge is 2.10. The van der Waals surface area contributed by atoms with E-state index in [1.165, 1.54) is 36.5 Å². The van der Waals surface area contributed by atoms with Gasteiger partial charge in [0.1, 0.15) is 0 Å². The van der Waals surface area contributed by atoms with E-state index in [2.05, 4.69) is 71.4 Å². The molecular formula is C18H11NS. The Hall–Kier alpha value is -2.32. The average Bonchev–Trinajstić information content (AvgIpc) is 3.05. The maximum absolute atomic E-state index is 2.27. The van der Waals surface area contributed by atoms with E-state index >= 15 is 0 Å². The second kappa shape index (κ2) is 3.62. The SMILES string of the molecule is c1ccc2c(c1)sc1c2ccc2c1cn1ccccc21. The molecule has 0 aliphatic carbocycles. The first-order valence-electron chi connectivity index (χ1n) is 6.71. The predicted molar refractivity (Wildman–Crippen MR) is 87.8 cm³/mol. The van der Waals surface area contributed by atoms with Crippen LogP contribution in [0.15, 0.2) is 67.0 Å². The van der Waals surface area contributed by atoms with Gasteiger partial charge in [0, 0.05) is 43.3 Å². The van der Waals surface area contributed by atoms with Crippen LogP contribution in [0.4, 0.5) is 0 Å². The number of pyridine rings is 1. The van der Waals surface area contributed by atoms with E-state index in [0.717, 1.165) is 0 Å². The number of aromatic nitrogens is 1. The number of hydrogen-bond donors (Lipinski definition) is 0. The third kappa shape index (κ3) is 1.22. The summed E-state index contributed by atoms with van der Waals surface area (Å²) in [6.07, 6.45) is 4.37. The van der Waals surface area contributed by atoms with Crippen molar-refractivity contribution in [3.63, 3.8) is 0 Å². The van der Waals surface area contributed by atoms with Crippen LogP contribution in [0.3, 0.4) is 0 Å². The van der Waals surface area contributed by atoms with Gasteiger partial charge in [-0.15, -0.1) is 11.3 Å². The fraction of sp³-hybridized carbons (Fsp3) is 0. The van der Waals surface area contributed by atoms with E-state index in [-0.39, 0.29) is 0 Å². The lowest BCUT2D eigenvalue weighted by atomic mass is 10.1. The lowest BCUT2D eigenvalue weighted by Crippen LogP contribution is -1.76. The van der Waals surface area contributed by atoms with E-state index in [9.17, 15) is 0 Å². The monoisotopic (exact) mass is 273 g/mol. The fourth-order valence-electron chi connectivity index (χ4n) is 3.10. The van der Waals surface area contributed by atoms with Gasteiger partial charge in [-0.1, -0.05) is 36.4 Å². The molecule has 0 bridgehead atoms. The van der Waals surface area contributed by atoms with Crippen LogP contribution in [0.5, 0.6) is 0 Å². The summed E-state index contributed by atoms with van der Waals surface area (Å²) in [5.74, 6) is 0. The van der Waals surface area contributed by atoms with Crippen LogP contribution in [0.1, 0.15) is 0 Å². The molecule has 0 saturated heterocycles. The molecule has 0 atom stereocenters. The predicted octanol–water partition coefficient (Wildman–Crippen LogP) is 5.46. The molecule has 0 saturated carbocycles. The second-order valence-electron chi connectivity index (χ2n) is 5.12. The summed E-state index contributed by atoms with van der Waals surface area (Å²) < 4.78 is 4.98. The normalized spacial score (nSPS) is 12.0. The Morgan fingerprint density at radius 3 is 2.55 bits per heavy atom. The van der Waals surface area contributed by atoms with Gasteiger partial charge in [-0.2, -0.15) is 0 Å². The highest BCUT2D eigenvalue weighted by atomic mass is 32.1. The van der Waals surface area contributed by atoms with Crippen LogP contribution in [-0.2, 0) is 0 Å². The number of benzene rings is 2. The van der Waals surface area contributed by atoms with Crippen LogP contribution in [0.2, 0.25) is 0 Å². The first-order chi connectivity index (χ1) is 9.92. The number of thiophene rings is 1. The van der Waals surface area contributed by atoms with Crippen LogP contribution in [0.25, 0.3) is 36.5 Å². The lowest BCUT2D eigenvalue weighted by molar-refractivity contribution is 1.21. The zero-order valence-electron chi connectivity index (χ0n) is 10.7. The molecule has 0 aliphatic rings. The van der Waals surface area contributed by atoms with E-state index < -0.39 is 0 Å². The number of fused-ring (bicyclic) bond motifs is 7. The van der Waals surface area contributed by atoms with E-state index in [1.54, 1.807) is 0 Å². The topological polar surface area (TPSA) is 4.41 Å². The quantitative estimate of drug-likeness (QED) is 0.353. The molecule has 0 amide bonds. The Kier molecular flexibility index (Phi) is 1.89. The molecule has 0 radical (unpaired) electrons. The average molecular weight is 273 g/mol. The van der Waals surface area contributed by atoms with Gasteiger partial charge in [-0.3, -0.25) is 0 Å². The van der Waals surface area contributed by atoms with Gasteiger partial charge >= 0.3 is 0 Å². The van der Waals surface area contributed by atoms with Crippen molar-refractivity contribution in [1.82, 2.24) is 4.40 Å². The molecule has 2 heteroatoms. The van der Waals surface area contributed by atoms with Gasteiger partial charge in [0.15, 0.2) is 0 Å². The van der Waals surface area contributed by atoms with Gasteiger partial charge in [-0.25, -0.2) is 0 Å². The summed E-state index contributed by atoms with van der Waals surface area (Å²) >= 11 is 1.89. The molecule has 5 aromatic rings. The minimum Gasteiger partial charge on any atom is -0.323 e. The third-order valence-corrected chi connectivity index (χ3v) is 5.24. The van der Waals surface area contributed by atoms with Crippen molar-refractivity contribution in [3.8, 4) is 0 Å². The summed E-state index contributed by atoms with van der Waals surface area (Å²) in [5, 5.41) is 5.43. The van der Waals surface area contributed by atoms with Crippen LogP contribution in [-0.4, -0.2) is 4.40 Å². The Balaban J connectivity index is 2.10. The van der Waals surface area contributed by atoms with Crippen LogP contribution < -0.4 is 0 Å². The molecule has 2 aromatic carbocycles. The van der Waals surface area contributed by atoms with Crippen molar-refractivity contribution >= 4 is 47.8 Å². The Bertz CT molecular complexity index is 1010. The zero-order valence-corrected chi connectivity index (χ0v) is 11.5. The second-order valence-corrected chi connectivity index (χ2v) is 6.18. The van der Waals surface area contributed by atoms with Gasteiger partial charge in [0.25, 0.3) is 0 Å². The third-order valence-electron chi connectivity index (χ3n) is 4.02. The molecule has 0 unspecified atom stereocenters. The van der Waals surface area contributed by atoms with Crippen LogP contribution in [0, 0.1) is 0 Å². The first-order valence-corrected chi connectivity index (χ1v) is 7.53. The summed E-state index contributed by atoms with van der Waals surface area (Å²) in [7, 11) is 0. The smallest absolute Gasteiger partial charge is 0.0529 e. The highest BCUT2D eigenvalue weighted by molar-refractivity contribution is 7.26. The summed E-state index contributed by atoms with van der Waals surface area (Å²) in [4.78, 5) is 0. The number of nitrogens with zero attached hydrogens (tertiary/aromatic N) is 1. The summed E-state index contributed by atoms with van der Waals surface area (Å²) in [6, 6.07) is 19.5. The Labute approximate surface area is 119 Å². The number of hydrogen-bond acceptors (Lipinski definition) is 1. The molecule has 3 aromatic heterocycles. The molecule has 3 heterocycles. The molecule has 20 heavy (non-hydrogen) atoms.